The molecule has 0 atom stereocenters. The zero-order valence-electron chi connectivity index (χ0n) is 11.4. The molecule has 0 unspecified atom stereocenters. The molecule has 0 aliphatic carbocycles. The second-order valence-electron chi connectivity index (χ2n) is 4.33. The Labute approximate surface area is 123 Å². The highest BCUT2D eigenvalue weighted by Gasteiger charge is 2.12. The minimum absolute atomic E-state index is 0.0525. The van der Waals surface area contributed by atoms with Gasteiger partial charge >= 0.3 is 12.0 Å². The molecule has 0 aliphatic rings. The molecular weight excluding hydrogens is 280 g/mol. The molecule has 0 radical (unpaired) electrons. The highest BCUT2D eigenvalue weighted by Crippen LogP contribution is 2.16. The molecule has 1 aromatic carbocycles. The van der Waals surface area contributed by atoms with Crippen LogP contribution in [-0.4, -0.2) is 35.1 Å². The lowest BCUT2D eigenvalue weighted by Crippen LogP contribution is -2.39. The van der Waals surface area contributed by atoms with Crippen molar-refractivity contribution in [3.63, 3.8) is 0 Å². The van der Waals surface area contributed by atoms with Crippen molar-refractivity contribution in [1.82, 2.24) is 10.2 Å². The number of nitrogens with zero attached hydrogens (tertiary/aromatic N) is 1. The number of amides is 2. The Kier molecular flexibility index (Phi) is 6.87. The number of rotatable bonds is 7. The summed E-state index contributed by atoms with van der Waals surface area (Å²) < 4.78 is 0. The summed E-state index contributed by atoms with van der Waals surface area (Å²) in [5.41, 5.74) is 0.886. The van der Waals surface area contributed by atoms with Crippen molar-refractivity contribution < 1.29 is 14.7 Å². The standard InChI is InChI=1S/C14H19ClN2O3/c1-2-17(10-11-6-3-4-7-12(11)15)14(20)16-9-5-8-13(18)19/h3-4,6-7H,2,5,8-10H2,1H3,(H,16,20)(H,18,19). The highest BCUT2D eigenvalue weighted by atomic mass is 35.5. The van der Waals surface area contributed by atoms with Crippen LogP contribution in [0.15, 0.2) is 24.3 Å². The minimum atomic E-state index is -0.859. The van der Waals surface area contributed by atoms with Crippen LogP contribution in [0.3, 0.4) is 0 Å². The van der Waals surface area contributed by atoms with E-state index < -0.39 is 5.97 Å². The third-order valence-corrected chi connectivity index (χ3v) is 3.20. The number of hydrogen-bond donors (Lipinski definition) is 2. The molecule has 110 valence electrons. The summed E-state index contributed by atoms with van der Waals surface area (Å²) in [6.45, 7) is 3.22. The van der Waals surface area contributed by atoms with Crippen LogP contribution >= 0.6 is 11.6 Å². The Morgan fingerprint density at radius 3 is 2.65 bits per heavy atom. The number of carboxylic acids is 1. The van der Waals surface area contributed by atoms with Crippen LogP contribution < -0.4 is 5.32 Å². The van der Waals surface area contributed by atoms with Crippen molar-refractivity contribution in [1.29, 1.82) is 0 Å². The topological polar surface area (TPSA) is 69.6 Å². The second kappa shape index (κ2) is 8.43. The zero-order valence-corrected chi connectivity index (χ0v) is 12.2. The average molecular weight is 299 g/mol. The maximum atomic E-state index is 12.0. The molecule has 0 aromatic heterocycles. The van der Waals surface area contributed by atoms with Crippen molar-refractivity contribution in [3.8, 4) is 0 Å². The van der Waals surface area contributed by atoms with Gasteiger partial charge < -0.3 is 15.3 Å². The van der Waals surface area contributed by atoms with E-state index >= 15 is 0 Å². The fourth-order valence-electron chi connectivity index (χ4n) is 1.71. The molecule has 0 aliphatic heterocycles. The van der Waals surface area contributed by atoms with Gasteiger partial charge in [-0.05, 0) is 25.0 Å². The molecule has 0 bridgehead atoms. The number of carbonyl (C=O) groups is 2. The zero-order chi connectivity index (χ0) is 15.0. The van der Waals surface area contributed by atoms with E-state index in [1.807, 2.05) is 25.1 Å². The van der Waals surface area contributed by atoms with Crippen LogP contribution in [0.4, 0.5) is 4.79 Å². The van der Waals surface area contributed by atoms with Crippen molar-refractivity contribution in [2.24, 2.45) is 0 Å². The molecule has 0 spiro atoms. The van der Waals surface area contributed by atoms with Crippen LogP contribution in [0.5, 0.6) is 0 Å². The average Bonchev–Trinajstić information content (AvgIpc) is 2.42. The largest absolute Gasteiger partial charge is 0.481 e. The molecule has 20 heavy (non-hydrogen) atoms. The number of aliphatic carboxylic acids is 1. The smallest absolute Gasteiger partial charge is 0.317 e. The maximum absolute atomic E-state index is 12.0. The predicted molar refractivity (Wildman–Crippen MR) is 77.8 cm³/mol. The third kappa shape index (κ3) is 5.48. The number of carbonyl (C=O) groups excluding carboxylic acids is 1. The monoisotopic (exact) mass is 298 g/mol. The van der Waals surface area contributed by atoms with E-state index in [0.29, 0.717) is 31.1 Å². The van der Waals surface area contributed by atoms with Gasteiger partial charge in [-0.3, -0.25) is 4.79 Å². The van der Waals surface area contributed by atoms with Crippen LogP contribution in [0.2, 0.25) is 5.02 Å². The Morgan fingerprint density at radius 2 is 2.05 bits per heavy atom. The SMILES string of the molecule is CCN(Cc1ccccc1Cl)C(=O)NCCCC(=O)O. The summed E-state index contributed by atoms with van der Waals surface area (Å²) in [5, 5.41) is 11.9. The Morgan fingerprint density at radius 1 is 1.35 bits per heavy atom. The predicted octanol–water partition coefficient (Wildman–Crippen LogP) is 2.74. The van der Waals surface area contributed by atoms with Crippen molar-refractivity contribution in [2.75, 3.05) is 13.1 Å². The van der Waals surface area contributed by atoms with Crippen LogP contribution in [0.25, 0.3) is 0 Å². The van der Waals surface area contributed by atoms with E-state index in [4.69, 9.17) is 16.7 Å². The first-order valence-corrected chi connectivity index (χ1v) is 6.90. The summed E-state index contributed by atoms with van der Waals surface area (Å²) in [6, 6.07) is 7.17. The van der Waals surface area contributed by atoms with Gasteiger partial charge in [0, 0.05) is 31.1 Å². The maximum Gasteiger partial charge on any atom is 0.317 e. The summed E-state index contributed by atoms with van der Waals surface area (Å²) in [6.07, 6.45) is 0.474. The van der Waals surface area contributed by atoms with E-state index in [1.54, 1.807) is 11.0 Å². The molecule has 0 heterocycles. The number of nitrogens with one attached hydrogen (secondary N) is 1. The first kappa shape index (κ1) is 16.3. The van der Waals surface area contributed by atoms with E-state index in [9.17, 15) is 9.59 Å². The summed E-state index contributed by atoms with van der Waals surface area (Å²) in [4.78, 5) is 24.0. The molecule has 0 saturated heterocycles. The lowest BCUT2D eigenvalue weighted by atomic mass is 10.2. The quantitative estimate of drug-likeness (QED) is 0.760. The second-order valence-corrected chi connectivity index (χ2v) is 4.74. The Bertz CT molecular complexity index is 465. The molecule has 0 fully saturated rings. The summed E-state index contributed by atoms with van der Waals surface area (Å²) >= 11 is 6.07. The van der Waals surface area contributed by atoms with Crippen molar-refractivity contribution in [3.05, 3.63) is 34.9 Å². The highest BCUT2D eigenvalue weighted by molar-refractivity contribution is 6.31. The molecule has 1 rings (SSSR count). The number of urea groups is 1. The third-order valence-electron chi connectivity index (χ3n) is 2.83. The lowest BCUT2D eigenvalue weighted by molar-refractivity contribution is -0.137. The Hall–Kier alpha value is -1.75. The summed E-state index contributed by atoms with van der Waals surface area (Å²) in [7, 11) is 0. The van der Waals surface area contributed by atoms with E-state index in [-0.39, 0.29) is 12.5 Å². The molecule has 0 saturated carbocycles. The van der Waals surface area contributed by atoms with Gasteiger partial charge in [-0.2, -0.15) is 0 Å². The first-order valence-electron chi connectivity index (χ1n) is 6.52. The van der Waals surface area contributed by atoms with Gasteiger partial charge in [-0.25, -0.2) is 4.79 Å². The minimum Gasteiger partial charge on any atom is -0.481 e. The van der Waals surface area contributed by atoms with Crippen LogP contribution in [0.1, 0.15) is 25.3 Å². The fraction of sp³-hybridized carbons (Fsp3) is 0.429. The van der Waals surface area contributed by atoms with Gasteiger partial charge in [0.1, 0.15) is 0 Å². The van der Waals surface area contributed by atoms with Gasteiger partial charge in [0.15, 0.2) is 0 Å². The number of halogens is 1. The van der Waals surface area contributed by atoms with Crippen molar-refractivity contribution >= 4 is 23.6 Å². The number of hydrogen-bond acceptors (Lipinski definition) is 2. The van der Waals surface area contributed by atoms with Crippen LogP contribution in [-0.2, 0) is 11.3 Å². The Balaban J connectivity index is 2.47. The molecular formula is C14H19ClN2O3. The van der Waals surface area contributed by atoms with Gasteiger partial charge in [-0.15, -0.1) is 0 Å². The van der Waals surface area contributed by atoms with Gasteiger partial charge in [0.2, 0.25) is 0 Å². The molecule has 2 amide bonds. The fourth-order valence-corrected chi connectivity index (χ4v) is 1.90. The van der Waals surface area contributed by atoms with Gasteiger partial charge in [0.05, 0.1) is 0 Å². The van der Waals surface area contributed by atoms with Gasteiger partial charge in [0.25, 0.3) is 0 Å². The lowest BCUT2D eigenvalue weighted by Gasteiger charge is -2.22. The van der Waals surface area contributed by atoms with E-state index in [0.717, 1.165) is 5.56 Å². The summed E-state index contributed by atoms with van der Waals surface area (Å²) in [5.74, 6) is -0.859. The first-order chi connectivity index (χ1) is 9.54. The number of benzene rings is 1. The molecule has 6 heteroatoms. The number of carboxylic acid groups (broad SMARTS) is 1. The molecule has 1 aromatic rings. The normalized spacial score (nSPS) is 10.1. The van der Waals surface area contributed by atoms with Crippen LogP contribution in [0, 0.1) is 0 Å². The van der Waals surface area contributed by atoms with Gasteiger partial charge in [-0.1, -0.05) is 29.8 Å². The van der Waals surface area contributed by atoms with Crippen molar-refractivity contribution in [2.45, 2.75) is 26.3 Å². The molecule has 2 N–H and O–H groups in total. The molecule has 5 nitrogen and oxygen atoms in total. The van der Waals surface area contributed by atoms with E-state index in [2.05, 4.69) is 5.32 Å². The van der Waals surface area contributed by atoms with E-state index in [1.165, 1.54) is 0 Å².